The molecular weight excluding hydrogens is 343 g/mol. The summed E-state index contributed by atoms with van der Waals surface area (Å²) >= 11 is 0. The largest absolute Gasteiger partial charge is 0.338 e. The molecule has 0 amide bonds. The van der Waals surface area contributed by atoms with Gasteiger partial charge in [0.2, 0.25) is 5.89 Å². The molecule has 2 heterocycles. The molecule has 0 saturated carbocycles. The van der Waals surface area contributed by atoms with Crippen LogP contribution in [0.1, 0.15) is 28.9 Å². The van der Waals surface area contributed by atoms with E-state index in [4.69, 9.17) is 4.52 Å². The van der Waals surface area contributed by atoms with E-state index >= 15 is 0 Å². The number of aromatic nitrogens is 2. The fourth-order valence-corrected chi connectivity index (χ4v) is 3.51. The first-order valence-electron chi connectivity index (χ1n) is 9.33. The van der Waals surface area contributed by atoms with Gasteiger partial charge in [-0.15, -0.1) is 0 Å². The molecule has 0 radical (unpaired) electrons. The Morgan fingerprint density at radius 1 is 1.11 bits per heavy atom. The third-order valence-corrected chi connectivity index (χ3v) is 4.92. The Bertz CT molecular complexity index is 867. The van der Waals surface area contributed by atoms with Crippen molar-refractivity contribution in [2.45, 2.75) is 25.4 Å². The van der Waals surface area contributed by atoms with E-state index in [2.05, 4.69) is 32.5 Å². The van der Waals surface area contributed by atoms with Crippen molar-refractivity contribution in [3.8, 4) is 0 Å². The highest BCUT2D eigenvalue weighted by Gasteiger charge is 2.25. The van der Waals surface area contributed by atoms with Gasteiger partial charge in [-0.1, -0.05) is 47.6 Å². The van der Waals surface area contributed by atoms with Crippen LogP contribution in [-0.2, 0) is 19.4 Å². The molecule has 3 aromatic rings. The van der Waals surface area contributed by atoms with Gasteiger partial charge in [-0.2, -0.15) is 4.98 Å². The zero-order valence-corrected chi connectivity index (χ0v) is 15.1. The molecule has 0 spiro atoms. The molecule has 0 aliphatic carbocycles. The predicted molar refractivity (Wildman–Crippen MR) is 101 cm³/mol. The lowest BCUT2D eigenvalue weighted by molar-refractivity contribution is 0.135. The molecule has 1 saturated heterocycles. The van der Waals surface area contributed by atoms with Crippen LogP contribution in [0.25, 0.3) is 0 Å². The summed E-state index contributed by atoms with van der Waals surface area (Å²) in [6, 6.07) is 17.2. The van der Waals surface area contributed by atoms with Crippen molar-refractivity contribution < 1.29 is 8.91 Å². The molecule has 4 rings (SSSR count). The number of piperazine rings is 1. The Morgan fingerprint density at radius 3 is 2.85 bits per heavy atom. The molecule has 2 aromatic carbocycles. The highest BCUT2D eigenvalue weighted by atomic mass is 19.1. The number of halogens is 1. The molecule has 140 valence electrons. The van der Waals surface area contributed by atoms with E-state index in [-0.39, 0.29) is 11.9 Å². The molecule has 1 unspecified atom stereocenters. The van der Waals surface area contributed by atoms with Crippen molar-refractivity contribution in [1.82, 2.24) is 20.4 Å². The number of hydrogen-bond acceptors (Lipinski definition) is 5. The lowest BCUT2D eigenvalue weighted by Gasteiger charge is -2.35. The van der Waals surface area contributed by atoms with E-state index < -0.39 is 0 Å². The fraction of sp³-hybridized carbons (Fsp3) is 0.333. The Labute approximate surface area is 158 Å². The smallest absolute Gasteiger partial charge is 0.240 e. The molecule has 1 fully saturated rings. The minimum absolute atomic E-state index is 0.0918. The number of nitrogens with one attached hydrogen (secondary N) is 1. The molecule has 1 aromatic heterocycles. The van der Waals surface area contributed by atoms with Gasteiger partial charge in [-0.05, 0) is 29.7 Å². The van der Waals surface area contributed by atoms with Gasteiger partial charge in [0, 0.05) is 32.1 Å². The average molecular weight is 366 g/mol. The fourth-order valence-electron chi connectivity index (χ4n) is 3.51. The van der Waals surface area contributed by atoms with E-state index in [1.165, 1.54) is 11.6 Å². The average Bonchev–Trinajstić information content (AvgIpc) is 3.15. The summed E-state index contributed by atoms with van der Waals surface area (Å²) in [4.78, 5) is 6.81. The summed E-state index contributed by atoms with van der Waals surface area (Å²) in [6.45, 7) is 3.09. The highest BCUT2D eigenvalue weighted by Crippen LogP contribution is 2.24. The molecule has 5 nitrogen and oxygen atoms in total. The van der Waals surface area contributed by atoms with Crippen LogP contribution in [0.2, 0.25) is 0 Å². The van der Waals surface area contributed by atoms with Crippen LogP contribution in [0, 0.1) is 5.82 Å². The van der Waals surface area contributed by atoms with Crippen LogP contribution >= 0.6 is 0 Å². The van der Waals surface area contributed by atoms with Crippen molar-refractivity contribution in [3.63, 3.8) is 0 Å². The van der Waals surface area contributed by atoms with Crippen LogP contribution in [0.3, 0.4) is 0 Å². The minimum Gasteiger partial charge on any atom is -0.338 e. The standard InChI is InChI=1S/C21H23FN4O/c22-18-8-4-7-17(13-18)19-14-23-11-12-26(19)15-21-24-20(25-27-21)10-9-16-5-2-1-3-6-16/h1-8,13,19,23H,9-12,14-15H2. The van der Waals surface area contributed by atoms with E-state index in [0.29, 0.717) is 12.4 Å². The van der Waals surface area contributed by atoms with Gasteiger partial charge >= 0.3 is 0 Å². The zero-order chi connectivity index (χ0) is 18.5. The SMILES string of the molecule is Fc1cccc(C2CNCCN2Cc2nc(CCc3ccccc3)no2)c1. The van der Waals surface area contributed by atoms with Gasteiger partial charge in [-0.3, -0.25) is 4.90 Å². The number of hydrogen-bond donors (Lipinski definition) is 1. The second-order valence-corrected chi connectivity index (χ2v) is 6.84. The molecule has 6 heteroatoms. The lowest BCUT2D eigenvalue weighted by atomic mass is 10.0. The number of aryl methyl sites for hydroxylation is 2. The maximum absolute atomic E-state index is 13.6. The van der Waals surface area contributed by atoms with Crippen LogP contribution in [-0.4, -0.2) is 34.7 Å². The van der Waals surface area contributed by atoms with Crippen molar-refractivity contribution in [2.75, 3.05) is 19.6 Å². The van der Waals surface area contributed by atoms with E-state index in [9.17, 15) is 4.39 Å². The third-order valence-electron chi connectivity index (χ3n) is 4.92. The van der Waals surface area contributed by atoms with Gasteiger partial charge in [0.15, 0.2) is 5.82 Å². The second-order valence-electron chi connectivity index (χ2n) is 6.84. The Morgan fingerprint density at radius 2 is 2.00 bits per heavy atom. The Balaban J connectivity index is 1.41. The van der Waals surface area contributed by atoms with Crippen LogP contribution < -0.4 is 5.32 Å². The molecule has 0 bridgehead atoms. The number of benzene rings is 2. The monoisotopic (exact) mass is 366 g/mol. The normalized spacial score (nSPS) is 17.9. The molecule has 27 heavy (non-hydrogen) atoms. The molecule has 1 atom stereocenters. The summed E-state index contributed by atoms with van der Waals surface area (Å²) in [5, 5.41) is 7.50. The summed E-state index contributed by atoms with van der Waals surface area (Å²) < 4.78 is 19.1. The second kappa shape index (κ2) is 8.41. The van der Waals surface area contributed by atoms with Gasteiger partial charge in [0.05, 0.1) is 6.54 Å². The van der Waals surface area contributed by atoms with Crippen molar-refractivity contribution in [2.24, 2.45) is 0 Å². The van der Waals surface area contributed by atoms with Gasteiger partial charge < -0.3 is 9.84 Å². The predicted octanol–water partition coefficient (Wildman–Crippen LogP) is 3.14. The third kappa shape index (κ3) is 4.59. The summed E-state index contributed by atoms with van der Waals surface area (Å²) in [7, 11) is 0. The van der Waals surface area contributed by atoms with E-state index in [1.807, 2.05) is 24.3 Å². The van der Waals surface area contributed by atoms with Gasteiger partial charge in [0.25, 0.3) is 0 Å². The number of nitrogens with zero attached hydrogens (tertiary/aromatic N) is 3. The highest BCUT2D eigenvalue weighted by molar-refractivity contribution is 5.21. The maximum atomic E-state index is 13.6. The first kappa shape index (κ1) is 17.8. The van der Waals surface area contributed by atoms with E-state index in [1.54, 1.807) is 12.1 Å². The quantitative estimate of drug-likeness (QED) is 0.726. The molecule has 1 N–H and O–H groups in total. The van der Waals surface area contributed by atoms with Gasteiger partial charge in [-0.25, -0.2) is 4.39 Å². The Hall–Kier alpha value is -2.57. The van der Waals surface area contributed by atoms with Crippen LogP contribution in [0.15, 0.2) is 59.1 Å². The summed E-state index contributed by atoms with van der Waals surface area (Å²) in [6.07, 6.45) is 1.64. The lowest BCUT2D eigenvalue weighted by Crippen LogP contribution is -2.45. The number of rotatable bonds is 6. The maximum Gasteiger partial charge on any atom is 0.240 e. The molecular formula is C21H23FN4O. The first-order valence-corrected chi connectivity index (χ1v) is 9.33. The van der Waals surface area contributed by atoms with Crippen molar-refractivity contribution in [1.29, 1.82) is 0 Å². The summed E-state index contributed by atoms with van der Waals surface area (Å²) in [5.41, 5.74) is 2.23. The topological polar surface area (TPSA) is 54.2 Å². The van der Waals surface area contributed by atoms with Gasteiger partial charge in [0.1, 0.15) is 5.82 Å². The zero-order valence-electron chi connectivity index (χ0n) is 15.1. The molecule has 1 aliphatic heterocycles. The van der Waals surface area contributed by atoms with Crippen molar-refractivity contribution >= 4 is 0 Å². The van der Waals surface area contributed by atoms with Crippen molar-refractivity contribution in [3.05, 3.63) is 83.3 Å². The summed E-state index contributed by atoms with van der Waals surface area (Å²) in [5.74, 6) is 1.13. The van der Waals surface area contributed by atoms with Crippen LogP contribution in [0.4, 0.5) is 4.39 Å². The van der Waals surface area contributed by atoms with E-state index in [0.717, 1.165) is 43.9 Å². The first-order chi connectivity index (χ1) is 13.3. The Kier molecular flexibility index (Phi) is 5.55. The molecule has 1 aliphatic rings. The minimum atomic E-state index is -0.209. The van der Waals surface area contributed by atoms with Crippen LogP contribution in [0.5, 0.6) is 0 Å².